The Hall–Kier alpha value is -4.01. The predicted molar refractivity (Wildman–Crippen MR) is 146 cm³/mol. The first-order chi connectivity index (χ1) is 20.2. The van der Waals surface area contributed by atoms with Gasteiger partial charge < -0.3 is 14.4 Å². The van der Waals surface area contributed by atoms with Gasteiger partial charge in [-0.2, -0.15) is 32.2 Å². The number of methoxy groups -OCH3 is 1. The van der Waals surface area contributed by atoms with Gasteiger partial charge in [0.05, 0.1) is 43.7 Å². The summed E-state index contributed by atoms with van der Waals surface area (Å²) in [5.41, 5.74) is -1.38. The van der Waals surface area contributed by atoms with Crippen LogP contribution in [0.25, 0.3) is 0 Å². The molecule has 3 N–H and O–H groups in total. The van der Waals surface area contributed by atoms with Crippen molar-refractivity contribution in [2.75, 3.05) is 25.1 Å². The largest absolute Gasteiger partial charge is 0.497 e. The van der Waals surface area contributed by atoms with Crippen LogP contribution in [0, 0.1) is 0 Å². The summed E-state index contributed by atoms with van der Waals surface area (Å²) < 4.78 is 92.1. The maximum absolute atomic E-state index is 13.5. The van der Waals surface area contributed by atoms with E-state index in [4.69, 9.17) is 9.47 Å². The number of hydrogen-bond acceptors (Lipinski definition) is 7. The maximum atomic E-state index is 13.5. The van der Waals surface area contributed by atoms with Crippen LogP contribution in [0.5, 0.6) is 11.5 Å². The Morgan fingerprint density at radius 3 is 2.16 bits per heavy atom. The van der Waals surface area contributed by atoms with Gasteiger partial charge in [0.1, 0.15) is 5.75 Å². The Labute approximate surface area is 245 Å². The van der Waals surface area contributed by atoms with E-state index in [1.807, 2.05) is 26.0 Å². The van der Waals surface area contributed by atoms with Gasteiger partial charge in [-0.25, -0.2) is 14.8 Å². The fourth-order valence-electron chi connectivity index (χ4n) is 4.05. The van der Waals surface area contributed by atoms with Crippen molar-refractivity contribution in [1.82, 2.24) is 9.97 Å². The van der Waals surface area contributed by atoms with E-state index < -0.39 is 29.4 Å². The standard InChI is InChI=1S/C28H31BF6N4O4/c1-17(2)19-6-7-24(41-3)23(11-19)29-16-39(26-37-13-22(14-38-26)42-8-4-5-25(40)43-36)15-18-9-20(27(30,31)32)12-21(10-18)28(33,34)35/h6-7,9-14,17H,4-5,8,15-16H2,1-3,36H3/q+1. The SMILES string of the molecule is COc1ccc(C(C)C)cc1[B]CN(Cc1cc(C(F)(F)F)cc(C(F)(F)F)c1)c1ncc(OCCCC(=O)O[NH3+])cn1. The molecule has 0 unspecified atom stereocenters. The number of benzene rings is 2. The Morgan fingerprint density at radius 1 is 1.00 bits per heavy atom. The first-order valence-electron chi connectivity index (χ1n) is 13.2. The number of hydrogen-bond donors (Lipinski definition) is 1. The molecule has 2 aromatic carbocycles. The van der Waals surface area contributed by atoms with Crippen molar-refractivity contribution in [3.8, 4) is 11.5 Å². The number of alkyl halides is 6. The lowest BCUT2D eigenvalue weighted by Gasteiger charge is -2.24. The van der Waals surface area contributed by atoms with Crippen molar-refractivity contribution >= 4 is 24.7 Å². The molecule has 0 fully saturated rings. The molecule has 15 heteroatoms. The van der Waals surface area contributed by atoms with E-state index in [0.717, 1.165) is 5.56 Å². The second kappa shape index (κ2) is 14.4. The van der Waals surface area contributed by atoms with Gasteiger partial charge >= 0.3 is 18.3 Å². The minimum atomic E-state index is -4.99. The van der Waals surface area contributed by atoms with Crippen LogP contribution in [0.1, 0.15) is 54.9 Å². The van der Waals surface area contributed by atoms with Crippen LogP contribution in [-0.2, 0) is 28.5 Å². The van der Waals surface area contributed by atoms with Crippen molar-refractivity contribution in [3.63, 3.8) is 0 Å². The molecule has 43 heavy (non-hydrogen) atoms. The zero-order valence-electron chi connectivity index (χ0n) is 23.8. The minimum absolute atomic E-state index is 0.0167. The minimum Gasteiger partial charge on any atom is -0.497 e. The average molecular weight is 612 g/mol. The maximum Gasteiger partial charge on any atom is 0.416 e. The first kappa shape index (κ1) is 33.5. The fraction of sp³-hybridized carbons (Fsp3) is 0.393. The molecule has 1 radical (unpaired) electrons. The number of nitrogens with zero attached hydrogens (tertiary/aromatic N) is 3. The van der Waals surface area contributed by atoms with Gasteiger partial charge in [0.2, 0.25) is 5.95 Å². The van der Waals surface area contributed by atoms with Crippen LogP contribution < -0.4 is 25.7 Å². The molecule has 0 aliphatic rings. The highest BCUT2D eigenvalue weighted by Crippen LogP contribution is 2.36. The molecule has 1 heterocycles. The highest BCUT2D eigenvalue weighted by Gasteiger charge is 2.37. The van der Waals surface area contributed by atoms with Crippen LogP contribution in [0.2, 0.25) is 0 Å². The summed E-state index contributed by atoms with van der Waals surface area (Å²) in [6.45, 7) is 3.79. The molecule has 0 atom stereocenters. The van der Waals surface area contributed by atoms with Crippen LogP contribution in [0.15, 0.2) is 48.8 Å². The van der Waals surface area contributed by atoms with Gasteiger partial charge in [-0.05, 0) is 59.6 Å². The summed E-state index contributed by atoms with van der Waals surface area (Å²) in [4.78, 5) is 25.4. The highest BCUT2D eigenvalue weighted by atomic mass is 19.4. The Balaban J connectivity index is 1.92. The van der Waals surface area contributed by atoms with Gasteiger partial charge in [0, 0.05) is 6.54 Å². The number of anilines is 1. The second-order valence-electron chi connectivity index (χ2n) is 9.84. The van der Waals surface area contributed by atoms with E-state index in [-0.39, 0.29) is 55.3 Å². The Bertz CT molecular complexity index is 1340. The molecule has 0 saturated heterocycles. The molecule has 1 aromatic heterocycles. The summed E-state index contributed by atoms with van der Waals surface area (Å²) >= 11 is 0. The molecule has 231 valence electrons. The lowest BCUT2D eigenvalue weighted by atomic mass is 9.68. The van der Waals surface area contributed by atoms with E-state index in [0.29, 0.717) is 29.8 Å². The molecule has 0 bridgehead atoms. The normalized spacial score (nSPS) is 11.8. The summed E-state index contributed by atoms with van der Waals surface area (Å²) in [6, 6.07) is 7.03. The number of quaternary nitrogens is 1. The molecule has 0 aliphatic carbocycles. The van der Waals surface area contributed by atoms with Crippen LogP contribution in [-0.4, -0.2) is 43.4 Å². The summed E-state index contributed by atoms with van der Waals surface area (Å²) in [5.74, 6) is 3.55. The summed E-state index contributed by atoms with van der Waals surface area (Å²) in [5, 5.41) is 0. The first-order valence-corrected chi connectivity index (χ1v) is 13.2. The summed E-state index contributed by atoms with van der Waals surface area (Å²) in [7, 11) is 3.23. The number of ether oxygens (including phenoxy) is 2. The smallest absolute Gasteiger partial charge is 0.416 e. The molecule has 3 aromatic rings. The monoisotopic (exact) mass is 612 g/mol. The van der Waals surface area contributed by atoms with Crippen LogP contribution in [0.4, 0.5) is 32.3 Å². The number of aromatic nitrogens is 2. The van der Waals surface area contributed by atoms with Gasteiger partial charge in [-0.15, -0.1) is 0 Å². The number of halogens is 6. The molecular formula is C28H31BF6N4O4+. The molecule has 3 rings (SSSR count). The van der Waals surface area contributed by atoms with Crippen molar-refractivity contribution < 1.29 is 51.3 Å². The number of rotatable bonds is 13. The van der Waals surface area contributed by atoms with Crippen molar-refractivity contribution in [3.05, 3.63) is 71.0 Å². The van der Waals surface area contributed by atoms with Crippen LogP contribution in [0.3, 0.4) is 0 Å². The van der Waals surface area contributed by atoms with E-state index in [2.05, 4.69) is 20.7 Å². The average Bonchev–Trinajstić information content (AvgIpc) is 2.96. The van der Waals surface area contributed by atoms with Crippen LogP contribution >= 0.6 is 0 Å². The zero-order chi connectivity index (χ0) is 31.8. The third kappa shape index (κ3) is 9.77. The Kier molecular flexibility index (Phi) is 11.3. The topological polar surface area (TPSA) is 101 Å². The van der Waals surface area contributed by atoms with Gasteiger partial charge in [-0.1, -0.05) is 26.0 Å². The number of carbonyl (C=O) groups excluding carboxylic acids is 1. The molecule has 0 amide bonds. The molecule has 0 saturated carbocycles. The fourth-order valence-corrected chi connectivity index (χ4v) is 4.05. The van der Waals surface area contributed by atoms with Crippen molar-refractivity contribution in [2.45, 2.75) is 51.5 Å². The molecular weight excluding hydrogens is 581 g/mol. The van der Waals surface area contributed by atoms with E-state index >= 15 is 0 Å². The third-order valence-corrected chi connectivity index (χ3v) is 6.33. The van der Waals surface area contributed by atoms with Crippen molar-refractivity contribution in [1.29, 1.82) is 0 Å². The lowest BCUT2D eigenvalue weighted by Crippen LogP contribution is -2.51. The molecule has 0 aliphatic heterocycles. The van der Waals surface area contributed by atoms with Gasteiger partial charge in [0.15, 0.2) is 13.0 Å². The lowest BCUT2D eigenvalue weighted by molar-refractivity contribution is -0.657. The zero-order valence-corrected chi connectivity index (χ0v) is 23.8. The van der Waals surface area contributed by atoms with E-state index in [1.165, 1.54) is 24.4 Å². The highest BCUT2D eigenvalue weighted by molar-refractivity contribution is 6.55. The van der Waals surface area contributed by atoms with Gasteiger partial charge in [0.25, 0.3) is 0 Å². The van der Waals surface area contributed by atoms with Gasteiger partial charge in [-0.3, -0.25) is 4.84 Å². The molecule has 8 nitrogen and oxygen atoms in total. The van der Waals surface area contributed by atoms with E-state index in [9.17, 15) is 31.1 Å². The summed E-state index contributed by atoms with van der Waals surface area (Å²) in [6.07, 6.45) is -6.89. The van der Waals surface area contributed by atoms with Crippen molar-refractivity contribution in [2.24, 2.45) is 0 Å². The molecule has 0 spiro atoms. The van der Waals surface area contributed by atoms with E-state index in [1.54, 1.807) is 13.3 Å². The quantitative estimate of drug-likeness (QED) is 0.131. The second-order valence-corrected chi connectivity index (χ2v) is 9.84. The predicted octanol–water partition coefficient (Wildman–Crippen LogP) is 4.50. The third-order valence-electron chi connectivity index (χ3n) is 6.33. The number of carbonyl (C=O) groups is 1. The Morgan fingerprint density at radius 2 is 1.63 bits per heavy atom.